The number of aryl methyl sites for hydroxylation is 1. The Morgan fingerprint density at radius 1 is 1.29 bits per heavy atom. The van der Waals surface area contributed by atoms with Gasteiger partial charge in [0.1, 0.15) is 7.17 Å². The fourth-order valence-electron chi connectivity index (χ4n) is 3.50. The second-order valence-corrected chi connectivity index (χ2v) is 8.78. The van der Waals surface area contributed by atoms with Crippen molar-refractivity contribution in [2.24, 2.45) is 0 Å². The zero-order chi connectivity index (χ0) is 16.8. The van der Waals surface area contributed by atoms with Crippen molar-refractivity contribution in [2.45, 2.75) is 68.9 Å². The Balaban J connectivity index is 1.46. The number of thiol groups is 1. The normalized spacial score (nSPS) is 21.0. The monoisotopic (exact) mass is 362 g/mol. The lowest BCUT2D eigenvalue weighted by Gasteiger charge is -2.24. The highest BCUT2D eigenvalue weighted by molar-refractivity contribution is 8.27. The van der Waals surface area contributed by atoms with Crippen molar-refractivity contribution in [3.63, 3.8) is 0 Å². The molecule has 1 N–H and O–H groups in total. The fraction of sp³-hybridized carbons (Fsp3) is 0.786. The lowest BCUT2D eigenvalue weighted by atomic mass is 9.54. The van der Waals surface area contributed by atoms with E-state index in [1.54, 1.807) is 0 Å². The lowest BCUT2D eigenvalue weighted by Crippen LogP contribution is -2.27. The van der Waals surface area contributed by atoms with Gasteiger partial charge in [0.05, 0.1) is 11.4 Å². The molecule has 5 nitrogen and oxygen atoms in total. The van der Waals surface area contributed by atoms with Crippen LogP contribution in [0.5, 0.6) is 0 Å². The minimum atomic E-state index is -0.233. The molecule has 3 rings (SSSR count). The highest BCUT2D eigenvalue weighted by atomic mass is 32.2. The van der Waals surface area contributed by atoms with Gasteiger partial charge in [-0.3, -0.25) is 9.48 Å². The number of fused-ring (bicyclic) bond motifs is 1. The van der Waals surface area contributed by atoms with Gasteiger partial charge in [0.2, 0.25) is 7.41 Å². The van der Waals surface area contributed by atoms with Crippen LogP contribution >= 0.6 is 24.2 Å². The van der Waals surface area contributed by atoms with E-state index < -0.39 is 0 Å². The Morgan fingerprint density at radius 2 is 2.17 bits per heavy atom. The number of rotatable bonds is 7. The number of amides is 1. The van der Waals surface area contributed by atoms with Crippen molar-refractivity contribution in [3.8, 4) is 0 Å². The van der Waals surface area contributed by atoms with Gasteiger partial charge in [-0.2, -0.15) is 0 Å². The van der Waals surface area contributed by atoms with E-state index in [9.17, 15) is 4.79 Å². The molecular formula is C14H25B3N4OS2. The predicted molar refractivity (Wildman–Crippen MR) is 109 cm³/mol. The van der Waals surface area contributed by atoms with Crippen molar-refractivity contribution in [1.29, 1.82) is 0 Å². The van der Waals surface area contributed by atoms with E-state index in [1.165, 1.54) is 44.3 Å². The SMILES string of the molecule is O=C(S)NBC1CCCc2c(nnn2CBBSC2CCC2)CC1. The maximum Gasteiger partial charge on any atom is 0.263 e. The van der Waals surface area contributed by atoms with Gasteiger partial charge in [0.25, 0.3) is 5.24 Å². The van der Waals surface area contributed by atoms with Gasteiger partial charge in [-0.15, -0.1) is 5.10 Å². The Bertz CT molecular complexity index is 556. The third kappa shape index (κ3) is 5.25. The number of carbonyl (C=O) groups is 1. The van der Waals surface area contributed by atoms with E-state index in [-0.39, 0.29) is 5.24 Å². The molecule has 1 heterocycles. The van der Waals surface area contributed by atoms with Crippen molar-refractivity contribution >= 4 is 50.5 Å². The molecule has 24 heavy (non-hydrogen) atoms. The summed E-state index contributed by atoms with van der Waals surface area (Å²) in [5, 5.41) is 12.4. The summed E-state index contributed by atoms with van der Waals surface area (Å²) in [6.45, 7) is 0. The maximum atomic E-state index is 11.0. The van der Waals surface area contributed by atoms with Gasteiger partial charge >= 0.3 is 0 Å². The molecule has 2 aliphatic rings. The third-order valence-corrected chi connectivity index (χ3v) is 6.82. The quantitative estimate of drug-likeness (QED) is 0.436. The molecule has 0 aliphatic heterocycles. The maximum absolute atomic E-state index is 11.0. The van der Waals surface area contributed by atoms with Gasteiger partial charge in [-0.25, -0.2) is 11.6 Å². The molecule has 1 aromatic rings. The van der Waals surface area contributed by atoms with E-state index in [1.807, 2.05) is 0 Å². The number of nitrogens with one attached hydrogen (secondary N) is 1. The summed E-state index contributed by atoms with van der Waals surface area (Å²) in [4.78, 5) is 11.0. The smallest absolute Gasteiger partial charge is 0.263 e. The molecule has 0 radical (unpaired) electrons. The van der Waals surface area contributed by atoms with Crippen LogP contribution in [0.3, 0.4) is 0 Å². The summed E-state index contributed by atoms with van der Waals surface area (Å²) in [5.41, 5.74) is 2.52. The molecule has 0 bridgehead atoms. The Morgan fingerprint density at radius 3 is 2.92 bits per heavy atom. The summed E-state index contributed by atoms with van der Waals surface area (Å²) in [5.74, 6) is 0.526. The molecule has 2 aliphatic carbocycles. The summed E-state index contributed by atoms with van der Waals surface area (Å²) in [6, 6.07) is 0. The van der Waals surface area contributed by atoms with Crippen LogP contribution in [0.15, 0.2) is 0 Å². The summed E-state index contributed by atoms with van der Waals surface area (Å²) >= 11 is 5.92. The second-order valence-electron chi connectivity index (χ2n) is 6.97. The average molecular weight is 362 g/mol. The zero-order valence-corrected chi connectivity index (χ0v) is 16.0. The first-order valence-electron chi connectivity index (χ1n) is 9.22. The molecule has 1 aromatic heterocycles. The summed E-state index contributed by atoms with van der Waals surface area (Å²) < 4.78 is 2.15. The van der Waals surface area contributed by atoms with E-state index in [4.69, 9.17) is 0 Å². The van der Waals surface area contributed by atoms with E-state index >= 15 is 0 Å². The average Bonchev–Trinajstić information content (AvgIpc) is 2.85. The van der Waals surface area contributed by atoms with Gasteiger partial charge in [-0.05, 0) is 49.6 Å². The first-order chi connectivity index (χ1) is 11.7. The van der Waals surface area contributed by atoms with Crippen LogP contribution in [0.4, 0.5) is 4.79 Å². The molecule has 1 atom stereocenters. The first-order valence-corrected chi connectivity index (χ1v) is 10.7. The molecule has 0 spiro atoms. The first kappa shape index (κ1) is 18.3. The van der Waals surface area contributed by atoms with Gasteiger partial charge < -0.3 is 5.23 Å². The summed E-state index contributed by atoms with van der Waals surface area (Å²) in [6.07, 6.45) is 11.9. The lowest BCUT2D eigenvalue weighted by molar-refractivity contribution is 0.265. The standard InChI is InChI=1S/C14H25B3N4OS2/c22-14(23)18-16-10-3-1-6-13-12(8-7-10)19-20-21(13)9-15-17-24-11-4-2-5-11/h10-11,15-17H,1-9H2,(H2,18,22,23). The molecule has 128 valence electrons. The number of hydrogen-bond acceptors (Lipinski definition) is 4. The number of hydrogen-bond donors (Lipinski definition) is 2. The second kappa shape index (κ2) is 9.27. The van der Waals surface area contributed by atoms with E-state index in [0.717, 1.165) is 51.2 Å². The topological polar surface area (TPSA) is 59.8 Å². The van der Waals surface area contributed by atoms with Crippen molar-refractivity contribution in [2.75, 3.05) is 0 Å². The number of nitrogens with zero attached hydrogens (tertiary/aromatic N) is 3. The molecule has 1 unspecified atom stereocenters. The molecule has 0 aromatic carbocycles. The Hall–Kier alpha value is -0.495. The minimum Gasteiger partial charge on any atom is -0.393 e. The largest absolute Gasteiger partial charge is 0.393 e. The number of carbonyl (C=O) groups excluding carboxylic acids is 1. The van der Waals surface area contributed by atoms with Crippen molar-refractivity contribution in [1.82, 2.24) is 20.2 Å². The zero-order valence-electron chi connectivity index (χ0n) is 14.2. The molecule has 0 saturated heterocycles. The highest BCUT2D eigenvalue weighted by Gasteiger charge is 2.21. The van der Waals surface area contributed by atoms with Gasteiger partial charge in [0.15, 0.2) is 6.45 Å². The summed E-state index contributed by atoms with van der Waals surface area (Å²) in [7, 11) is 1.91. The van der Waals surface area contributed by atoms with Crippen LogP contribution in [0, 0.1) is 0 Å². The molecule has 1 fully saturated rings. The minimum absolute atomic E-state index is 0.233. The number of aromatic nitrogens is 3. The Labute approximate surface area is 155 Å². The molecule has 1 amide bonds. The van der Waals surface area contributed by atoms with Crippen LogP contribution < -0.4 is 5.23 Å². The van der Waals surface area contributed by atoms with Crippen LogP contribution in [-0.4, -0.2) is 46.5 Å². The van der Waals surface area contributed by atoms with Crippen molar-refractivity contribution < 1.29 is 4.79 Å². The van der Waals surface area contributed by atoms with E-state index in [0.29, 0.717) is 5.82 Å². The van der Waals surface area contributed by atoms with Crippen LogP contribution in [-0.2, 0) is 19.3 Å². The Kier molecular flexibility index (Phi) is 7.07. The van der Waals surface area contributed by atoms with E-state index in [2.05, 4.69) is 44.5 Å². The fourth-order valence-corrected chi connectivity index (χ4v) is 4.88. The van der Waals surface area contributed by atoms with Crippen LogP contribution in [0.25, 0.3) is 0 Å². The molecule has 10 heteroatoms. The molecular weight excluding hydrogens is 337 g/mol. The van der Waals surface area contributed by atoms with Crippen LogP contribution in [0.1, 0.15) is 49.9 Å². The molecule has 1 saturated carbocycles. The van der Waals surface area contributed by atoms with Gasteiger partial charge in [-0.1, -0.05) is 30.7 Å². The third-order valence-electron chi connectivity index (χ3n) is 5.20. The van der Waals surface area contributed by atoms with Gasteiger partial charge in [0, 0.05) is 6.44 Å². The van der Waals surface area contributed by atoms with Crippen LogP contribution in [0.2, 0.25) is 5.82 Å². The van der Waals surface area contributed by atoms with Crippen molar-refractivity contribution in [3.05, 3.63) is 11.4 Å². The highest BCUT2D eigenvalue weighted by Crippen LogP contribution is 2.30. The predicted octanol–water partition coefficient (Wildman–Crippen LogP) is 1.27.